The molecular formula is C13H18N2O5. The van der Waals surface area contributed by atoms with Crippen LogP contribution in [0.1, 0.15) is 19.4 Å². The van der Waals surface area contributed by atoms with Crippen LogP contribution in [0.5, 0.6) is 5.75 Å². The van der Waals surface area contributed by atoms with Crippen molar-refractivity contribution in [2.75, 3.05) is 19.8 Å². The highest BCUT2D eigenvalue weighted by Gasteiger charge is 2.17. The van der Waals surface area contributed by atoms with Crippen LogP contribution in [0.2, 0.25) is 0 Å². The molecule has 110 valence electrons. The molecular weight excluding hydrogens is 264 g/mol. The molecule has 7 heteroatoms. The molecule has 0 radical (unpaired) electrons. The number of carbonyl (C=O) groups excluding carboxylic acids is 1. The number of hydrogen-bond acceptors (Lipinski definition) is 6. The highest BCUT2D eigenvalue weighted by atomic mass is 16.6. The van der Waals surface area contributed by atoms with Crippen LogP contribution in [0.15, 0.2) is 18.2 Å². The Bertz CT molecular complexity index is 476. The lowest BCUT2D eigenvalue weighted by Crippen LogP contribution is -2.15. The fourth-order valence-corrected chi connectivity index (χ4v) is 1.55. The zero-order valence-corrected chi connectivity index (χ0v) is 11.5. The normalized spacial score (nSPS) is 10.1. The quantitative estimate of drug-likeness (QED) is 0.443. The largest absolute Gasteiger partial charge is 0.475 e. The first-order valence-corrected chi connectivity index (χ1v) is 6.34. The molecule has 0 aliphatic heterocycles. The monoisotopic (exact) mass is 282 g/mol. The maximum absolute atomic E-state index is 11.2. The van der Waals surface area contributed by atoms with Crippen LogP contribution in [-0.4, -0.2) is 30.7 Å². The van der Waals surface area contributed by atoms with Gasteiger partial charge in [0.1, 0.15) is 0 Å². The van der Waals surface area contributed by atoms with Crippen molar-refractivity contribution in [1.29, 1.82) is 0 Å². The fraction of sp³-hybridized carbons (Fsp3) is 0.462. The third kappa shape index (κ3) is 4.85. The van der Waals surface area contributed by atoms with Crippen molar-refractivity contribution in [2.24, 2.45) is 0 Å². The molecule has 0 spiro atoms. The van der Waals surface area contributed by atoms with Gasteiger partial charge in [-0.05, 0) is 25.1 Å². The van der Waals surface area contributed by atoms with Gasteiger partial charge in [-0.1, -0.05) is 13.0 Å². The van der Waals surface area contributed by atoms with E-state index < -0.39 is 10.9 Å². The van der Waals surface area contributed by atoms with E-state index in [0.29, 0.717) is 6.54 Å². The molecule has 1 aromatic carbocycles. The Kier molecular flexibility index (Phi) is 6.45. The maximum Gasteiger partial charge on any atom is 0.344 e. The summed E-state index contributed by atoms with van der Waals surface area (Å²) in [6.45, 7) is 4.83. The lowest BCUT2D eigenvalue weighted by Gasteiger charge is -2.08. The summed E-state index contributed by atoms with van der Waals surface area (Å²) in [5.74, 6) is -0.498. The molecule has 0 aliphatic carbocycles. The molecule has 7 nitrogen and oxygen atoms in total. The second-order valence-corrected chi connectivity index (χ2v) is 3.93. The smallest absolute Gasteiger partial charge is 0.344 e. The highest BCUT2D eigenvalue weighted by Crippen LogP contribution is 2.28. The Morgan fingerprint density at radius 3 is 2.75 bits per heavy atom. The van der Waals surface area contributed by atoms with Crippen LogP contribution < -0.4 is 10.1 Å². The molecule has 1 rings (SSSR count). The van der Waals surface area contributed by atoms with Crippen LogP contribution in [0, 0.1) is 10.1 Å². The van der Waals surface area contributed by atoms with Crippen LogP contribution in [-0.2, 0) is 16.1 Å². The van der Waals surface area contributed by atoms with Gasteiger partial charge in [0.2, 0.25) is 0 Å². The molecule has 0 heterocycles. The number of rotatable bonds is 8. The molecule has 0 aromatic heterocycles. The van der Waals surface area contributed by atoms with Gasteiger partial charge in [-0.15, -0.1) is 0 Å². The number of ether oxygens (including phenoxy) is 2. The summed E-state index contributed by atoms with van der Waals surface area (Å²) >= 11 is 0. The second kappa shape index (κ2) is 8.11. The Morgan fingerprint density at radius 2 is 2.15 bits per heavy atom. The van der Waals surface area contributed by atoms with E-state index in [-0.39, 0.29) is 24.7 Å². The number of esters is 1. The van der Waals surface area contributed by atoms with Gasteiger partial charge < -0.3 is 14.8 Å². The molecule has 0 unspecified atom stereocenters. The topological polar surface area (TPSA) is 90.7 Å². The molecule has 0 bridgehead atoms. The summed E-state index contributed by atoms with van der Waals surface area (Å²) in [6, 6.07) is 4.64. The summed E-state index contributed by atoms with van der Waals surface area (Å²) in [5, 5.41) is 14.1. The first-order valence-electron chi connectivity index (χ1n) is 6.34. The maximum atomic E-state index is 11.2. The molecule has 1 N–H and O–H groups in total. The first-order chi connectivity index (χ1) is 9.58. The van der Waals surface area contributed by atoms with Crippen molar-refractivity contribution in [3.05, 3.63) is 33.9 Å². The summed E-state index contributed by atoms with van der Waals surface area (Å²) in [6.07, 6.45) is 0. The highest BCUT2D eigenvalue weighted by molar-refractivity contribution is 5.71. The van der Waals surface area contributed by atoms with Gasteiger partial charge in [0.05, 0.1) is 11.5 Å². The number of carbonyl (C=O) groups is 1. The number of hydrogen-bond donors (Lipinski definition) is 1. The molecule has 0 saturated carbocycles. The van der Waals surface area contributed by atoms with Crippen molar-refractivity contribution in [2.45, 2.75) is 20.4 Å². The van der Waals surface area contributed by atoms with Crippen LogP contribution >= 0.6 is 0 Å². The van der Waals surface area contributed by atoms with Gasteiger partial charge in [-0.2, -0.15) is 0 Å². The van der Waals surface area contributed by atoms with E-state index in [0.717, 1.165) is 12.1 Å². The third-order valence-electron chi connectivity index (χ3n) is 2.45. The Labute approximate surface area is 117 Å². The van der Waals surface area contributed by atoms with Crippen molar-refractivity contribution >= 4 is 11.7 Å². The van der Waals surface area contributed by atoms with Crippen LogP contribution in [0.3, 0.4) is 0 Å². The number of nitrogens with zero attached hydrogens (tertiary/aromatic N) is 1. The minimum Gasteiger partial charge on any atom is -0.475 e. The van der Waals surface area contributed by atoms with Gasteiger partial charge >= 0.3 is 11.7 Å². The summed E-state index contributed by atoms with van der Waals surface area (Å²) in [7, 11) is 0. The predicted octanol–water partition coefficient (Wildman–Crippen LogP) is 1.65. The summed E-state index contributed by atoms with van der Waals surface area (Å²) in [4.78, 5) is 21.7. The minimum absolute atomic E-state index is 0.0586. The molecule has 0 fully saturated rings. The van der Waals surface area contributed by atoms with Crippen molar-refractivity contribution < 1.29 is 19.2 Å². The SMILES string of the molecule is CCNCc1ccc(OCC(=O)OCC)c([N+](=O)[O-])c1. The average molecular weight is 282 g/mol. The number of nitrogens with one attached hydrogen (secondary N) is 1. The molecule has 0 saturated heterocycles. The van der Waals surface area contributed by atoms with Crippen molar-refractivity contribution in [3.8, 4) is 5.75 Å². The standard InChI is InChI=1S/C13H18N2O5/c1-3-14-8-10-5-6-12(11(7-10)15(17)18)20-9-13(16)19-4-2/h5-7,14H,3-4,8-9H2,1-2H3. The van der Waals surface area contributed by atoms with E-state index in [2.05, 4.69) is 5.32 Å². The van der Waals surface area contributed by atoms with Crippen LogP contribution in [0.25, 0.3) is 0 Å². The van der Waals surface area contributed by atoms with Crippen molar-refractivity contribution in [3.63, 3.8) is 0 Å². The van der Waals surface area contributed by atoms with Gasteiger partial charge in [0, 0.05) is 12.6 Å². The number of nitro groups is 1. The molecule has 1 aromatic rings. The van der Waals surface area contributed by atoms with Gasteiger partial charge in [0.25, 0.3) is 0 Å². The Balaban J connectivity index is 2.79. The van der Waals surface area contributed by atoms with E-state index in [1.54, 1.807) is 13.0 Å². The molecule has 0 amide bonds. The van der Waals surface area contributed by atoms with Gasteiger partial charge in [0.15, 0.2) is 12.4 Å². The van der Waals surface area contributed by atoms with E-state index >= 15 is 0 Å². The molecule has 0 aliphatic rings. The second-order valence-electron chi connectivity index (χ2n) is 3.93. The summed E-state index contributed by atoms with van der Waals surface area (Å²) < 4.78 is 9.83. The fourth-order valence-electron chi connectivity index (χ4n) is 1.55. The van der Waals surface area contributed by atoms with Gasteiger partial charge in [-0.25, -0.2) is 4.79 Å². The van der Waals surface area contributed by atoms with Gasteiger partial charge in [-0.3, -0.25) is 10.1 Å². The number of nitro benzene ring substituents is 1. The summed E-state index contributed by atoms with van der Waals surface area (Å²) in [5.41, 5.74) is 0.617. The Hall–Kier alpha value is -2.15. The number of benzene rings is 1. The van der Waals surface area contributed by atoms with Crippen molar-refractivity contribution in [1.82, 2.24) is 5.32 Å². The van der Waals surface area contributed by atoms with Crippen LogP contribution in [0.4, 0.5) is 5.69 Å². The van der Waals surface area contributed by atoms with E-state index in [1.165, 1.54) is 12.1 Å². The van der Waals surface area contributed by atoms with E-state index in [4.69, 9.17) is 9.47 Å². The zero-order chi connectivity index (χ0) is 15.0. The lowest BCUT2D eigenvalue weighted by atomic mass is 10.2. The lowest BCUT2D eigenvalue weighted by molar-refractivity contribution is -0.385. The average Bonchev–Trinajstić information content (AvgIpc) is 2.43. The van der Waals surface area contributed by atoms with E-state index in [9.17, 15) is 14.9 Å². The first kappa shape index (κ1) is 15.9. The Morgan fingerprint density at radius 1 is 1.40 bits per heavy atom. The predicted molar refractivity (Wildman–Crippen MR) is 72.6 cm³/mol. The minimum atomic E-state index is -0.557. The molecule has 0 atom stereocenters. The molecule has 20 heavy (non-hydrogen) atoms. The van der Waals surface area contributed by atoms with E-state index in [1.807, 2.05) is 6.92 Å². The third-order valence-corrected chi connectivity index (χ3v) is 2.45. The zero-order valence-electron chi connectivity index (χ0n) is 11.5.